The third kappa shape index (κ3) is 0.375. The van der Waals surface area contributed by atoms with Crippen LogP contribution in [0.3, 0.4) is 0 Å². The van der Waals surface area contributed by atoms with Crippen molar-refractivity contribution in [3.8, 4) is 0 Å². The molecule has 2 heteroatoms. The van der Waals surface area contributed by atoms with Gasteiger partial charge in [0.15, 0.2) is 12.8 Å². The van der Waals surface area contributed by atoms with Crippen molar-refractivity contribution >= 4 is 6.21 Å². The van der Waals surface area contributed by atoms with Gasteiger partial charge in [0.1, 0.15) is 0 Å². The van der Waals surface area contributed by atoms with Crippen LogP contribution in [0.15, 0.2) is 0 Å². The van der Waals surface area contributed by atoms with Crippen molar-refractivity contribution in [1.29, 1.82) is 0 Å². The van der Waals surface area contributed by atoms with Gasteiger partial charge in [-0.3, -0.25) is 4.84 Å². The lowest BCUT2D eigenvalue weighted by Crippen LogP contribution is -2.63. The van der Waals surface area contributed by atoms with Crippen LogP contribution < -0.4 is 5.16 Å². The molecule has 0 radical (unpaired) electrons. The molecule has 1 rings (SSSR count). The van der Waals surface area contributed by atoms with Gasteiger partial charge >= 0.3 is 0 Å². The minimum atomic E-state index is 0.833. The molecule has 28 valence electrons. The highest BCUT2D eigenvalue weighted by atomic mass is 16.6. The summed E-state index contributed by atoms with van der Waals surface area (Å²) in [5, 5.41) is 2.60. The van der Waals surface area contributed by atoms with Crippen LogP contribution in [0.4, 0.5) is 0 Å². The summed E-state index contributed by atoms with van der Waals surface area (Å²) in [4.78, 5) is 4.64. The van der Waals surface area contributed by atoms with Crippen molar-refractivity contribution in [2.75, 3.05) is 6.61 Å². The van der Waals surface area contributed by atoms with Crippen LogP contribution in [0.2, 0.25) is 0 Å². The molecule has 0 spiro atoms. The molecule has 0 amide bonds. The Kier molecular flexibility index (Phi) is 0.571. The average Bonchev–Trinajstić information content (AvgIpc) is 1.76. The van der Waals surface area contributed by atoms with Crippen molar-refractivity contribution in [2.24, 2.45) is 0 Å². The summed E-state index contributed by atoms with van der Waals surface area (Å²) in [5.74, 6) is 0. The zero-order chi connectivity index (χ0) is 3.54. The first kappa shape index (κ1) is 2.69. The van der Waals surface area contributed by atoms with Crippen LogP contribution >= 0.6 is 0 Å². The number of rotatable bonds is 0. The quantitative estimate of drug-likeness (QED) is 0.369. The normalized spacial score (nSPS) is 19.2. The second kappa shape index (κ2) is 1.06. The van der Waals surface area contributed by atoms with Gasteiger partial charge in [-0.25, -0.2) is 0 Å². The minimum absolute atomic E-state index is 0.833. The van der Waals surface area contributed by atoms with E-state index in [9.17, 15) is 0 Å². The molecular formula is C3H6NO+. The Morgan fingerprint density at radius 1 is 1.80 bits per heavy atom. The van der Waals surface area contributed by atoms with Gasteiger partial charge in [0, 0.05) is 0 Å². The summed E-state index contributed by atoms with van der Waals surface area (Å²) in [6.07, 6.45) is 2.93. The SMILES string of the molecule is C1=[NH+]OCC1. The minimum Gasteiger partial charge on any atom is -0.279 e. The third-order valence-electron chi connectivity index (χ3n) is 0.531. The molecule has 0 aromatic heterocycles. The van der Waals surface area contributed by atoms with Crippen LogP contribution in [0.5, 0.6) is 0 Å². The molecule has 0 saturated carbocycles. The topological polar surface area (TPSA) is 23.2 Å². The third-order valence-corrected chi connectivity index (χ3v) is 0.531. The summed E-state index contributed by atoms with van der Waals surface area (Å²) in [5.41, 5.74) is 0. The molecule has 1 aliphatic heterocycles. The lowest BCUT2D eigenvalue weighted by molar-refractivity contribution is -0.739. The zero-order valence-electron chi connectivity index (χ0n) is 2.90. The Morgan fingerprint density at radius 2 is 2.80 bits per heavy atom. The van der Waals surface area contributed by atoms with E-state index in [4.69, 9.17) is 0 Å². The number of hydrogen-bond donors (Lipinski definition) is 1. The average molecular weight is 72.1 g/mol. The van der Waals surface area contributed by atoms with Gasteiger partial charge in [-0.15, -0.1) is 0 Å². The number of hydrogen-bond acceptors (Lipinski definition) is 1. The molecule has 0 fully saturated rings. The molecule has 0 bridgehead atoms. The predicted octanol–water partition coefficient (Wildman–Crippen LogP) is -1.53. The van der Waals surface area contributed by atoms with Gasteiger partial charge < -0.3 is 0 Å². The van der Waals surface area contributed by atoms with Gasteiger partial charge in [0.25, 0.3) is 0 Å². The summed E-state index contributed by atoms with van der Waals surface area (Å²) in [7, 11) is 0. The molecule has 5 heavy (non-hydrogen) atoms. The van der Waals surface area contributed by atoms with Gasteiger partial charge in [-0.1, -0.05) is 0 Å². The van der Waals surface area contributed by atoms with Crippen LogP contribution in [0, 0.1) is 0 Å². The van der Waals surface area contributed by atoms with E-state index in [-0.39, 0.29) is 0 Å². The van der Waals surface area contributed by atoms with Crippen molar-refractivity contribution < 1.29 is 9.99 Å². The summed E-state index contributed by atoms with van der Waals surface area (Å²) in [6.45, 7) is 0.833. The van der Waals surface area contributed by atoms with Gasteiger partial charge in [-0.05, 0) is 5.16 Å². The summed E-state index contributed by atoms with van der Waals surface area (Å²) < 4.78 is 0. The van der Waals surface area contributed by atoms with Crippen LogP contribution in [0.1, 0.15) is 6.42 Å². The maximum atomic E-state index is 4.64. The van der Waals surface area contributed by atoms with Crippen LogP contribution in [-0.2, 0) is 4.84 Å². The maximum absolute atomic E-state index is 4.64. The summed E-state index contributed by atoms with van der Waals surface area (Å²) >= 11 is 0. The van der Waals surface area contributed by atoms with E-state index in [0.29, 0.717) is 0 Å². The molecular weight excluding hydrogens is 66.0 g/mol. The van der Waals surface area contributed by atoms with E-state index >= 15 is 0 Å². The van der Waals surface area contributed by atoms with E-state index in [1.54, 1.807) is 0 Å². The molecule has 0 aliphatic carbocycles. The fraction of sp³-hybridized carbons (Fsp3) is 0.667. The lowest BCUT2D eigenvalue weighted by Gasteiger charge is -1.68. The Morgan fingerprint density at radius 3 is 3.00 bits per heavy atom. The van der Waals surface area contributed by atoms with E-state index in [0.717, 1.165) is 13.0 Å². The van der Waals surface area contributed by atoms with E-state index in [1.165, 1.54) is 0 Å². The smallest absolute Gasteiger partial charge is 0.193 e. The molecule has 1 N–H and O–H groups in total. The van der Waals surface area contributed by atoms with E-state index in [2.05, 4.69) is 9.99 Å². The van der Waals surface area contributed by atoms with Crippen LogP contribution in [0.25, 0.3) is 0 Å². The molecule has 2 nitrogen and oxygen atoms in total. The highest BCUT2D eigenvalue weighted by molar-refractivity contribution is 5.50. The first-order chi connectivity index (χ1) is 2.50. The lowest BCUT2D eigenvalue weighted by atomic mass is 10.5. The predicted molar refractivity (Wildman–Crippen MR) is 17.6 cm³/mol. The van der Waals surface area contributed by atoms with Gasteiger partial charge in [-0.2, -0.15) is 0 Å². The largest absolute Gasteiger partial charge is 0.279 e. The Labute approximate surface area is 30.4 Å². The van der Waals surface area contributed by atoms with E-state index < -0.39 is 0 Å². The zero-order valence-corrected chi connectivity index (χ0v) is 2.90. The molecule has 1 aliphatic rings. The Bertz CT molecular complexity index is 44.9. The molecule has 0 saturated heterocycles. The highest BCUT2D eigenvalue weighted by Crippen LogP contribution is 1.68. The Hall–Kier alpha value is -0.530. The van der Waals surface area contributed by atoms with Crippen molar-refractivity contribution in [2.45, 2.75) is 6.42 Å². The highest BCUT2D eigenvalue weighted by Gasteiger charge is 1.93. The van der Waals surface area contributed by atoms with Gasteiger partial charge in [0.05, 0.1) is 6.42 Å². The second-order valence-electron chi connectivity index (χ2n) is 0.959. The first-order valence-corrected chi connectivity index (χ1v) is 1.69. The van der Waals surface area contributed by atoms with Crippen molar-refractivity contribution in [3.63, 3.8) is 0 Å². The molecule has 0 unspecified atom stereocenters. The first-order valence-electron chi connectivity index (χ1n) is 1.69. The standard InChI is InChI=1S/C3H5NO/c1-2-4-5-3-1/h2H,1,3H2/p+1. The van der Waals surface area contributed by atoms with E-state index in [1.807, 2.05) is 6.21 Å². The fourth-order valence-electron chi connectivity index (χ4n) is 0.295. The number of nitrogens with one attached hydrogen (secondary N) is 1. The summed E-state index contributed by atoms with van der Waals surface area (Å²) in [6, 6.07) is 0. The van der Waals surface area contributed by atoms with Crippen molar-refractivity contribution in [3.05, 3.63) is 0 Å². The van der Waals surface area contributed by atoms with Crippen molar-refractivity contribution in [1.82, 2.24) is 0 Å². The maximum Gasteiger partial charge on any atom is 0.193 e. The monoisotopic (exact) mass is 72.0 g/mol. The Balaban J connectivity index is 2.32. The van der Waals surface area contributed by atoms with Crippen LogP contribution in [-0.4, -0.2) is 12.8 Å². The van der Waals surface area contributed by atoms with Gasteiger partial charge in [0.2, 0.25) is 0 Å². The molecule has 0 aromatic rings. The molecule has 1 heterocycles. The molecule has 0 atom stereocenters. The second-order valence-corrected chi connectivity index (χ2v) is 0.959. The fourth-order valence-corrected chi connectivity index (χ4v) is 0.295. The molecule has 0 aromatic carbocycles.